The molecule has 0 amide bonds. The van der Waals surface area contributed by atoms with Crippen molar-refractivity contribution in [2.45, 2.75) is 31.4 Å². The lowest BCUT2D eigenvalue weighted by Gasteiger charge is -2.33. The van der Waals surface area contributed by atoms with Gasteiger partial charge in [0.1, 0.15) is 5.41 Å². The molecule has 0 aliphatic carbocycles. The van der Waals surface area contributed by atoms with E-state index in [1.165, 1.54) is 6.92 Å². The van der Waals surface area contributed by atoms with Gasteiger partial charge >= 0.3 is 6.18 Å². The average molecular weight is 489 g/mol. The van der Waals surface area contributed by atoms with Crippen molar-refractivity contribution in [2.24, 2.45) is 16.2 Å². The molecule has 4 nitrogen and oxygen atoms in total. The van der Waals surface area contributed by atoms with Gasteiger partial charge in [0.15, 0.2) is 0 Å². The monoisotopic (exact) mass is 488 g/mol. The van der Waals surface area contributed by atoms with Gasteiger partial charge in [-0.1, -0.05) is 78.0 Å². The molecule has 1 atom stereocenters. The lowest BCUT2D eigenvalue weighted by molar-refractivity contribution is -0.173. The molecule has 0 aliphatic rings. The Kier molecular flexibility index (Phi) is 7.10. The van der Waals surface area contributed by atoms with Crippen LogP contribution in [0.1, 0.15) is 40.3 Å². The molecule has 4 rings (SSSR count). The Labute approximate surface area is 208 Å². The molecule has 1 unspecified atom stereocenters. The highest BCUT2D eigenvalue weighted by Gasteiger charge is 2.53. The summed E-state index contributed by atoms with van der Waals surface area (Å²) in [6.07, 6.45) is -3.27. The van der Waals surface area contributed by atoms with Gasteiger partial charge < -0.3 is 11.6 Å². The lowest BCUT2D eigenvalue weighted by atomic mass is 9.75. The summed E-state index contributed by atoms with van der Waals surface area (Å²) >= 11 is 0. The third-order valence-electron chi connectivity index (χ3n) is 6.54. The highest BCUT2D eigenvalue weighted by molar-refractivity contribution is 5.45. The Bertz CT molecular complexity index is 1310. The van der Waals surface area contributed by atoms with Crippen LogP contribution in [0, 0.1) is 0 Å². The zero-order chi connectivity index (χ0) is 25.8. The summed E-state index contributed by atoms with van der Waals surface area (Å²) in [4.78, 5) is 0. The normalized spacial score (nSPS) is 13.6. The van der Waals surface area contributed by atoms with Crippen molar-refractivity contribution in [3.8, 4) is 0 Å². The van der Waals surface area contributed by atoms with E-state index in [4.69, 9.17) is 11.6 Å². The minimum Gasteiger partial charge on any atom is -0.399 e. The van der Waals surface area contributed by atoms with E-state index >= 15 is 0 Å². The summed E-state index contributed by atoms with van der Waals surface area (Å²) in [5.41, 5.74) is 9.20. The van der Waals surface area contributed by atoms with Crippen molar-refractivity contribution in [1.82, 2.24) is 0 Å². The Balaban J connectivity index is 1.56. The molecule has 0 saturated carbocycles. The number of nitrogens with zero attached hydrogens (tertiary/aromatic N) is 2. The summed E-state index contributed by atoms with van der Waals surface area (Å²) in [6, 6.07) is 28.2. The van der Waals surface area contributed by atoms with E-state index in [0.717, 1.165) is 22.3 Å². The predicted octanol–water partition coefficient (Wildman–Crippen LogP) is 7.28. The molecule has 0 spiro atoms. The maximum absolute atomic E-state index is 14.5. The van der Waals surface area contributed by atoms with E-state index in [1.54, 1.807) is 60.7 Å². The number of benzene rings is 4. The van der Waals surface area contributed by atoms with Gasteiger partial charge in [0, 0.05) is 5.69 Å². The zero-order valence-corrected chi connectivity index (χ0v) is 19.8. The first-order valence-electron chi connectivity index (χ1n) is 11.5. The van der Waals surface area contributed by atoms with Crippen LogP contribution in [0.5, 0.6) is 0 Å². The number of rotatable bonds is 7. The summed E-state index contributed by atoms with van der Waals surface area (Å²) < 4.78 is 43.4. The van der Waals surface area contributed by atoms with Crippen LogP contribution in [0.25, 0.3) is 0 Å². The molecule has 0 saturated heterocycles. The molecule has 36 heavy (non-hydrogen) atoms. The van der Waals surface area contributed by atoms with Gasteiger partial charge in [-0.25, -0.2) is 0 Å². The fourth-order valence-electron chi connectivity index (χ4n) is 4.26. The second-order valence-corrected chi connectivity index (χ2v) is 8.99. The minimum absolute atomic E-state index is 0.198. The molecule has 4 aromatic carbocycles. The highest BCUT2D eigenvalue weighted by atomic mass is 19.4. The number of halogens is 3. The molecule has 0 aliphatic heterocycles. The molecular weight excluding hydrogens is 461 g/mol. The van der Waals surface area contributed by atoms with Crippen LogP contribution in [0.2, 0.25) is 0 Å². The number of anilines is 1. The highest BCUT2D eigenvalue weighted by Crippen LogP contribution is 2.46. The maximum Gasteiger partial charge on any atom is 0.402 e. The number of hydrogen-bond donors (Lipinski definition) is 2. The molecular formula is C29H27F3N4. The summed E-state index contributed by atoms with van der Waals surface area (Å²) in [5, 5.41) is 7.02. The second-order valence-electron chi connectivity index (χ2n) is 8.99. The number of nitrogen functional groups attached to an aromatic ring is 1. The third kappa shape index (κ3) is 5.40. The molecule has 0 fully saturated rings. The van der Waals surface area contributed by atoms with Crippen molar-refractivity contribution in [3.63, 3.8) is 0 Å². The average Bonchev–Trinajstić information content (AvgIpc) is 2.86. The molecule has 0 radical (unpaired) electrons. The van der Waals surface area contributed by atoms with Gasteiger partial charge in [-0.3, -0.25) is 0 Å². The number of alkyl halides is 3. The first-order chi connectivity index (χ1) is 17.2. The smallest absolute Gasteiger partial charge is 0.399 e. The van der Waals surface area contributed by atoms with E-state index in [9.17, 15) is 13.2 Å². The van der Waals surface area contributed by atoms with E-state index in [-0.39, 0.29) is 11.1 Å². The van der Waals surface area contributed by atoms with Crippen molar-refractivity contribution in [1.29, 1.82) is 0 Å². The van der Waals surface area contributed by atoms with Crippen LogP contribution in [-0.2, 0) is 18.3 Å². The molecule has 0 bridgehead atoms. The van der Waals surface area contributed by atoms with Gasteiger partial charge in [0.25, 0.3) is 0 Å². The minimum atomic E-state index is -4.47. The van der Waals surface area contributed by atoms with Gasteiger partial charge in [-0.05, 0) is 77.4 Å². The Morgan fingerprint density at radius 1 is 0.611 bits per heavy atom. The topological polar surface area (TPSA) is 76.8 Å². The first kappa shape index (κ1) is 25.0. The Hall–Kier alpha value is -4.13. The number of hydrogen-bond acceptors (Lipinski definition) is 3. The van der Waals surface area contributed by atoms with Gasteiger partial charge in [-0.15, -0.1) is 5.11 Å². The molecule has 0 heterocycles. The van der Waals surface area contributed by atoms with Crippen LogP contribution in [0.15, 0.2) is 107 Å². The van der Waals surface area contributed by atoms with Gasteiger partial charge in [0.05, 0.1) is 5.69 Å². The summed E-state index contributed by atoms with van der Waals surface area (Å²) in [5.74, 6) is 5.06. The fourth-order valence-corrected chi connectivity index (χ4v) is 4.26. The van der Waals surface area contributed by atoms with Crippen molar-refractivity contribution < 1.29 is 13.2 Å². The molecule has 7 heteroatoms. The lowest BCUT2D eigenvalue weighted by Crippen LogP contribution is -2.40. The third-order valence-corrected chi connectivity index (χ3v) is 6.54. The van der Waals surface area contributed by atoms with Crippen LogP contribution < -0.4 is 11.6 Å². The van der Waals surface area contributed by atoms with Crippen LogP contribution >= 0.6 is 0 Å². The molecule has 0 aromatic heterocycles. The fraction of sp³-hybridized carbons (Fsp3) is 0.172. The van der Waals surface area contributed by atoms with Crippen LogP contribution in [0.4, 0.5) is 24.5 Å². The SMILES string of the molecule is CC(c1ccc(Cc2ccc(N)cc2)cc1)(c1ccc(Cc2ccc(N=NN)cc2)cc1)C(F)(F)F. The summed E-state index contributed by atoms with van der Waals surface area (Å²) in [6.45, 7) is 1.24. The second kappa shape index (κ2) is 10.2. The maximum atomic E-state index is 14.5. The van der Waals surface area contributed by atoms with Gasteiger partial charge in [-0.2, -0.15) is 13.2 Å². The van der Waals surface area contributed by atoms with Gasteiger partial charge in [0.2, 0.25) is 0 Å². The standard InChI is InChI=1S/C29H27F3N4/c1-28(29(30,31)32,24-10-2-20(3-11-24)18-22-6-14-26(33)15-7-22)25-12-4-21(5-13-25)19-23-8-16-27(17-9-23)35-36-34/h2-17H,18-19,33H2,1H3,(H2,34,35). The van der Waals surface area contributed by atoms with Crippen molar-refractivity contribution in [2.75, 3.05) is 5.73 Å². The molecule has 184 valence electrons. The van der Waals surface area contributed by atoms with E-state index in [0.29, 0.717) is 24.2 Å². The summed E-state index contributed by atoms with van der Waals surface area (Å²) in [7, 11) is 0. The zero-order valence-electron chi connectivity index (χ0n) is 19.8. The molecule has 4 N–H and O–H groups in total. The quantitative estimate of drug-likeness (QED) is 0.124. The Morgan fingerprint density at radius 3 is 1.33 bits per heavy atom. The van der Waals surface area contributed by atoms with Crippen molar-refractivity contribution in [3.05, 3.63) is 130 Å². The van der Waals surface area contributed by atoms with Crippen LogP contribution in [0.3, 0.4) is 0 Å². The first-order valence-corrected chi connectivity index (χ1v) is 11.5. The Morgan fingerprint density at radius 2 is 0.972 bits per heavy atom. The predicted molar refractivity (Wildman–Crippen MR) is 137 cm³/mol. The largest absolute Gasteiger partial charge is 0.402 e. The van der Waals surface area contributed by atoms with E-state index in [2.05, 4.69) is 10.3 Å². The van der Waals surface area contributed by atoms with Crippen LogP contribution in [-0.4, -0.2) is 6.18 Å². The van der Waals surface area contributed by atoms with Crippen molar-refractivity contribution >= 4 is 11.4 Å². The van der Waals surface area contributed by atoms with E-state index < -0.39 is 11.6 Å². The van der Waals surface area contributed by atoms with E-state index in [1.807, 2.05) is 36.4 Å². The number of nitrogens with two attached hydrogens (primary N) is 2. The molecule has 4 aromatic rings.